The summed E-state index contributed by atoms with van der Waals surface area (Å²) in [6, 6.07) is 5.03. The number of amides is 1. The standard InChI is InChI=1S/C17H18N2O4/c1-9-12(10(2)20)6-19-7-13(9)15-8-22-16-11(17(18)21)4-3-5-14(16)23-15/h3-7,10,15,20H,8H2,1-2H3,(H2,18,21). The molecule has 6 heteroatoms. The zero-order valence-electron chi connectivity index (χ0n) is 12.9. The lowest BCUT2D eigenvalue weighted by molar-refractivity contribution is 0.0855. The summed E-state index contributed by atoms with van der Waals surface area (Å²) in [5.74, 6) is 0.283. The van der Waals surface area contributed by atoms with Gasteiger partial charge in [0.25, 0.3) is 5.91 Å². The van der Waals surface area contributed by atoms with Gasteiger partial charge in [-0.05, 0) is 31.5 Å². The molecule has 0 spiro atoms. The van der Waals surface area contributed by atoms with Crippen molar-refractivity contribution in [3.8, 4) is 11.5 Å². The Kier molecular flexibility index (Phi) is 3.92. The Morgan fingerprint density at radius 1 is 1.43 bits per heavy atom. The third-order valence-corrected chi connectivity index (χ3v) is 3.98. The number of aliphatic hydroxyl groups is 1. The first-order chi connectivity index (χ1) is 11.0. The normalized spacial score (nSPS) is 17.6. The van der Waals surface area contributed by atoms with Crippen molar-refractivity contribution in [1.82, 2.24) is 4.98 Å². The molecule has 0 radical (unpaired) electrons. The van der Waals surface area contributed by atoms with Crippen LogP contribution in [-0.4, -0.2) is 22.6 Å². The summed E-state index contributed by atoms with van der Waals surface area (Å²) in [6.07, 6.45) is 2.38. The van der Waals surface area contributed by atoms with Gasteiger partial charge in [0, 0.05) is 23.5 Å². The molecule has 6 nitrogen and oxygen atoms in total. The van der Waals surface area contributed by atoms with Crippen molar-refractivity contribution in [3.05, 3.63) is 52.8 Å². The van der Waals surface area contributed by atoms with Crippen LogP contribution < -0.4 is 15.2 Å². The number of hydrogen-bond acceptors (Lipinski definition) is 5. The predicted octanol–water partition coefficient (Wildman–Crippen LogP) is 2.05. The zero-order chi connectivity index (χ0) is 16.6. The third-order valence-electron chi connectivity index (χ3n) is 3.98. The number of carbonyl (C=O) groups is 1. The van der Waals surface area contributed by atoms with Gasteiger partial charge in [-0.1, -0.05) is 6.07 Å². The van der Waals surface area contributed by atoms with Crippen LogP contribution in [-0.2, 0) is 0 Å². The third kappa shape index (κ3) is 2.73. The summed E-state index contributed by atoms with van der Waals surface area (Å²) < 4.78 is 11.7. The van der Waals surface area contributed by atoms with E-state index in [0.29, 0.717) is 17.1 Å². The number of pyridine rings is 1. The van der Waals surface area contributed by atoms with Gasteiger partial charge in [0.15, 0.2) is 17.6 Å². The number of fused-ring (bicyclic) bond motifs is 1. The highest BCUT2D eigenvalue weighted by Gasteiger charge is 2.28. The Balaban J connectivity index is 1.96. The summed E-state index contributed by atoms with van der Waals surface area (Å²) in [5.41, 5.74) is 8.16. The SMILES string of the molecule is Cc1c(C(C)O)cncc1C1COc2c(cccc2C(N)=O)O1. The molecule has 3 rings (SSSR count). The second-order valence-corrected chi connectivity index (χ2v) is 5.53. The number of rotatable bonds is 3. The van der Waals surface area contributed by atoms with E-state index in [2.05, 4.69) is 4.98 Å². The fourth-order valence-electron chi connectivity index (χ4n) is 2.76. The van der Waals surface area contributed by atoms with E-state index in [1.165, 1.54) is 0 Å². The molecular formula is C17H18N2O4. The Labute approximate surface area is 133 Å². The van der Waals surface area contributed by atoms with Crippen LogP contribution in [0.25, 0.3) is 0 Å². The van der Waals surface area contributed by atoms with E-state index < -0.39 is 12.0 Å². The molecule has 3 N–H and O–H groups in total. The molecule has 0 bridgehead atoms. The van der Waals surface area contributed by atoms with Crippen LogP contribution in [0.4, 0.5) is 0 Å². The molecule has 2 aromatic rings. The lowest BCUT2D eigenvalue weighted by Gasteiger charge is -2.29. The van der Waals surface area contributed by atoms with E-state index >= 15 is 0 Å². The number of ether oxygens (including phenoxy) is 2. The van der Waals surface area contributed by atoms with Gasteiger partial charge in [-0.15, -0.1) is 0 Å². The highest BCUT2D eigenvalue weighted by molar-refractivity contribution is 5.96. The maximum absolute atomic E-state index is 11.4. The minimum Gasteiger partial charge on any atom is -0.485 e. The molecule has 1 aliphatic rings. The van der Waals surface area contributed by atoms with Crippen LogP contribution in [0.15, 0.2) is 30.6 Å². The number of carbonyl (C=O) groups excluding carboxylic acids is 1. The van der Waals surface area contributed by atoms with E-state index in [4.69, 9.17) is 15.2 Å². The second-order valence-electron chi connectivity index (χ2n) is 5.53. The van der Waals surface area contributed by atoms with Crippen molar-refractivity contribution in [2.75, 3.05) is 6.61 Å². The molecule has 120 valence electrons. The first-order valence-corrected chi connectivity index (χ1v) is 7.33. The molecule has 2 heterocycles. The lowest BCUT2D eigenvalue weighted by Crippen LogP contribution is -2.25. The molecule has 2 unspecified atom stereocenters. The van der Waals surface area contributed by atoms with Crippen molar-refractivity contribution in [2.24, 2.45) is 5.73 Å². The van der Waals surface area contributed by atoms with E-state index in [0.717, 1.165) is 16.7 Å². The molecule has 0 fully saturated rings. The molecule has 23 heavy (non-hydrogen) atoms. The minimum atomic E-state index is -0.610. The van der Waals surface area contributed by atoms with Crippen molar-refractivity contribution >= 4 is 5.91 Å². The largest absolute Gasteiger partial charge is 0.485 e. The number of para-hydroxylation sites is 1. The number of benzene rings is 1. The van der Waals surface area contributed by atoms with Gasteiger partial charge in [0.2, 0.25) is 0 Å². The number of primary amides is 1. The van der Waals surface area contributed by atoms with Gasteiger partial charge < -0.3 is 20.3 Å². The van der Waals surface area contributed by atoms with Crippen molar-refractivity contribution < 1.29 is 19.4 Å². The van der Waals surface area contributed by atoms with Crippen LogP contribution in [0.2, 0.25) is 0 Å². The van der Waals surface area contributed by atoms with Gasteiger partial charge in [-0.25, -0.2) is 0 Å². The van der Waals surface area contributed by atoms with E-state index in [-0.39, 0.29) is 12.7 Å². The Morgan fingerprint density at radius 3 is 2.91 bits per heavy atom. The first-order valence-electron chi connectivity index (χ1n) is 7.33. The van der Waals surface area contributed by atoms with Crippen molar-refractivity contribution in [3.63, 3.8) is 0 Å². The van der Waals surface area contributed by atoms with E-state index in [1.54, 1.807) is 37.5 Å². The van der Waals surface area contributed by atoms with Crippen LogP contribution in [0.5, 0.6) is 11.5 Å². The van der Waals surface area contributed by atoms with E-state index in [1.807, 2.05) is 6.92 Å². The first kappa shape index (κ1) is 15.3. The number of nitrogens with zero attached hydrogens (tertiary/aromatic N) is 1. The number of aromatic nitrogens is 1. The summed E-state index contributed by atoms with van der Waals surface area (Å²) >= 11 is 0. The highest BCUT2D eigenvalue weighted by Crippen LogP contribution is 2.39. The predicted molar refractivity (Wildman–Crippen MR) is 83.4 cm³/mol. The summed E-state index contributed by atoms with van der Waals surface area (Å²) in [4.78, 5) is 15.6. The van der Waals surface area contributed by atoms with Crippen LogP contribution in [0.1, 0.15) is 46.2 Å². The molecule has 2 atom stereocenters. The molecule has 0 aliphatic carbocycles. The quantitative estimate of drug-likeness (QED) is 0.904. The van der Waals surface area contributed by atoms with Crippen LogP contribution >= 0.6 is 0 Å². The van der Waals surface area contributed by atoms with Gasteiger partial charge in [0.05, 0.1) is 11.7 Å². The summed E-state index contributed by atoms with van der Waals surface area (Å²) in [7, 11) is 0. The summed E-state index contributed by atoms with van der Waals surface area (Å²) in [5, 5.41) is 9.82. The van der Waals surface area contributed by atoms with Gasteiger partial charge >= 0.3 is 0 Å². The van der Waals surface area contributed by atoms with Gasteiger partial charge in [0.1, 0.15) is 6.61 Å². The molecule has 1 aromatic carbocycles. The topological polar surface area (TPSA) is 94.7 Å². The van der Waals surface area contributed by atoms with Crippen molar-refractivity contribution in [1.29, 1.82) is 0 Å². The molecule has 1 amide bonds. The van der Waals surface area contributed by atoms with E-state index in [9.17, 15) is 9.90 Å². The number of nitrogens with two attached hydrogens (primary N) is 1. The number of aliphatic hydroxyl groups excluding tert-OH is 1. The zero-order valence-corrected chi connectivity index (χ0v) is 12.9. The summed E-state index contributed by atoms with van der Waals surface area (Å²) in [6.45, 7) is 3.85. The average molecular weight is 314 g/mol. The second kappa shape index (κ2) is 5.89. The van der Waals surface area contributed by atoms with Gasteiger partial charge in [-0.3, -0.25) is 9.78 Å². The van der Waals surface area contributed by atoms with Crippen LogP contribution in [0.3, 0.4) is 0 Å². The highest BCUT2D eigenvalue weighted by atomic mass is 16.6. The molecular weight excluding hydrogens is 296 g/mol. The number of hydrogen-bond donors (Lipinski definition) is 2. The lowest BCUT2D eigenvalue weighted by atomic mass is 9.98. The van der Waals surface area contributed by atoms with Gasteiger partial charge in [-0.2, -0.15) is 0 Å². The Hall–Kier alpha value is -2.60. The minimum absolute atomic E-state index is 0.239. The smallest absolute Gasteiger partial charge is 0.252 e. The fourth-order valence-corrected chi connectivity index (χ4v) is 2.76. The molecule has 1 aromatic heterocycles. The Bertz CT molecular complexity index is 758. The Morgan fingerprint density at radius 2 is 2.22 bits per heavy atom. The molecule has 1 aliphatic heterocycles. The maximum atomic E-state index is 11.4. The monoisotopic (exact) mass is 314 g/mol. The van der Waals surface area contributed by atoms with Crippen LogP contribution in [0, 0.1) is 6.92 Å². The maximum Gasteiger partial charge on any atom is 0.252 e. The van der Waals surface area contributed by atoms with Crippen molar-refractivity contribution in [2.45, 2.75) is 26.1 Å². The average Bonchev–Trinajstić information content (AvgIpc) is 2.53. The molecule has 0 saturated carbocycles. The molecule has 0 saturated heterocycles. The fraction of sp³-hybridized carbons (Fsp3) is 0.294.